The highest BCUT2D eigenvalue weighted by atomic mass is 19.4. The lowest BCUT2D eigenvalue weighted by Crippen LogP contribution is -2.13. The summed E-state index contributed by atoms with van der Waals surface area (Å²) in [7, 11) is 0. The second-order valence-corrected chi connectivity index (χ2v) is 6.63. The summed E-state index contributed by atoms with van der Waals surface area (Å²) < 4.78 is 43.5. The van der Waals surface area contributed by atoms with Gasteiger partial charge in [-0.1, -0.05) is 39.0 Å². The van der Waals surface area contributed by atoms with Gasteiger partial charge in [-0.25, -0.2) is 0 Å². The van der Waals surface area contributed by atoms with Crippen LogP contribution in [0, 0.1) is 0 Å². The Labute approximate surface area is 140 Å². The highest BCUT2D eigenvalue weighted by molar-refractivity contribution is 5.46. The minimum atomic E-state index is -4.33. The Kier molecular flexibility index (Phi) is 5.42. The van der Waals surface area contributed by atoms with E-state index in [9.17, 15) is 13.2 Å². The maximum atomic E-state index is 12.6. The van der Waals surface area contributed by atoms with Gasteiger partial charge in [0.05, 0.1) is 5.56 Å². The Bertz CT molecular complexity index is 658. The molecule has 0 aliphatic heterocycles. The van der Waals surface area contributed by atoms with Crippen LogP contribution in [0.3, 0.4) is 0 Å². The van der Waals surface area contributed by atoms with Gasteiger partial charge in [-0.05, 0) is 41.3 Å². The fourth-order valence-electron chi connectivity index (χ4n) is 2.22. The molecule has 0 unspecified atom stereocenters. The van der Waals surface area contributed by atoms with Gasteiger partial charge in [0.25, 0.3) is 0 Å². The van der Waals surface area contributed by atoms with Crippen molar-refractivity contribution in [3.05, 3.63) is 59.7 Å². The first-order valence-electron chi connectivity index (χ1n) is 7.81. The van der Waals surface area contributed by atoms with Crippen molar-refractivity contribution in [2.75, 3.05) is 18.5 Å². The molecule has 0 fully saturated rings. The van der Waals surface area contributed by atoms with Crippen molar-refractivity contribution in [2.45, 2.75) is 32.4 Å². The van der Waals surface area contributed by atoms with Crippen LogP contribution in [0.5, 0.6) is 5.75 Å². The van der Waals surface area contributed by atoms with Gasteiger partial charge in [0.2, 0.25) is 0 Å². The van der Waals surface area contributed by atoms with Crippen molar-refractivity contribution in [2.24, 2.45) is 0 Å². The molecule has 0 aliphatic carbocycles. The monoisotopic (exact) mass is 337 g/mol. The molecule has 1 N–H and O–H groups in total. The molecule has 0 amide bonds. The number of hydrogen-bond donors (Lipinski definition) is 1. The Hall–Kier alpha value is -2.17. The lowest BCUT2D eigenvalue weighted by atomic mass is 9.87. The largest absolute Gasteiger partial charge is 0.492 e. The quantitative estimate of drug-likeness (QED) is 0.728. The summed E-state index contributed by atoms with van der Waals surface area (Å²) in [6.45, 7) is 7.21. The molecule has 2 nitrogen and oxygen atoms in total. The molecule has 0 atom stereocenters. The molecule has 0 bridgehead atoms. The third-order valence-corrected chi connectivity index (χ3v) is 3.61. The highest BCUT2D eigenvalue weighted by Crippen LogP contribution is 2.30. The molecular formula is C19H22F3NO. The lowest BCUT2D eigenvalue weighted by molar-refractivity contribution is -0.137. The summed E-state index contributed by atoms with van der Waals surface area (Å²) in [5.41, 5.74) is 1.07. The van der Waals surface area contributed by atoms with E-state index in [1.54, 1.807) is 6.07 Å². The summed E-state index contributed by atoms with van der Waals surface area (Å²) in [5.74, 6) is 0.744. The van der Waals surface area contributed by atoms with E-state index in [-0.39, 0.29) is 5.41 Å². The van der Waals surface area contributed by atoms with Crippen LogP contribution < -0.4 is 10.1 Å². The third kappa shape index (κ3) is 5.18. The fraction of sp³-hybridized carbons (Fsp3) is 0.368. The third-order valence-electron chi connectivity index (χ3n) is 3.61. The van der Waals surface area contributed by atoms with Gasteiger partial charge in [-0.2, -0.15) is 13.2 Å². The summed E-state index contributed by atoms with van der Waals surface area (Å²) >= 11 is 0. The van der Waals surface area contributed by atoms with Crippen LogP contribution in [0.15, 0.2) is 48.5 Å². The normalized spacial score (nSPS) is 12.1. The van der Waals surface area contributed by atoms with Crippen LogP contribution in [-0.4, -0.2) is 13.2 Å². The molecule has 0 saturated carbocycles. The zero-order valence-electron chi connectivity index (χ0n) is 14.1. The van der Waals surface area contributed by atoms with Gasteiger partial charge in [0.15, 0.2) is 0 Å². The molecule has 0 aliphatic rings. The van der Waals surface area contributed by atoms with Crippen LogP contribution in [0.25, 0.3) is 0 Å². The van der Waals surface area contributed by atoms with E-state index >= 15 is 0 Å². The van der Waals surface area contributed by atoms with Crippen LogP contribution in [-0.2, 0) is 11.6 Å². The number of anilines is 1. The van der Waals surface area contributed by atoms with E-state index in [2.05, 4.69) is 26.1 Å². The second kappa shape index (κ2) is 7.16. The van der Waals surface area contributed by atoms with E-state index in [0.29, 0.717) is 18.8 Å². The number of benzene rings is 2. The molecule has 2 rings (SSSR count). The summed E-state index contributed by atoms with van der Waals surface area (Å²) in [6, 6.07) is 13.0. The Morgan fingerprint density at radius 2 is 1.58 bits per heavy atom. The Morgan fingerprint density at radius 1 is 0.917 bits per heavy atom. The maximum absolute atomic E-state index is 12.6. The molecule has 0 spiro atoms. The van der Waals surface area contributed by atoms with Crippen LogP contribution in [0.1, 0.15) is 31.9 Å². The van der Waals surface area contributed by atoms with E-state index in [1.165, 1.54) is 11.6 Å². The molecule has 0 aromatic heterocycles. The molecule has 0 heterocycles. The van der Waals surface area contributed by atoms with Crippen molar-refractivity contribution in [3.63, 3.8) is 0 Å². The van der Waals surface area contributed by atoms with E-state index in [4.69, 9.17) is 4.74 Å². The van der Waals surface area contributed by atoms with Crippen molar-refractivity contribution in [1.82, 2.24) is 0 Å². The average molecular weight is 337 g/mol. The predicted octanol–water partition coefficient (Wildman–Crippen LogP) is 5.49. The number of nitrogens with one attached hydrogen (secondary N) is 1. The first kappa shape index (κ1) is 18.2. The number of ether oxygens (including phenoxy) is 1. The SMILES string of the molecule is CC(C)(C)c1ccc(OCCNc2cccc(C(F)(F)F)c2)cc1. The van der Waals surface area contributed by atoms with Crippen molar-refractivity contribution < 1.29 is 17.9 Å². The van der Waals surface area contributed by atoms with Gasteiger partial charge < -0.3 is 10.1 Å². The van der Waals surface area contributed by atoms with Gasteiger partial charge in [0, 0.05) is 12.2 Å². The molecule has 24 heavy (non-hydrogen) atoms. The van der Waals surface area contributed by atoms with Crippen LogP contribution in [0.2, 0.25) is 0 Å². The van der Waals surface area contributed by atoms with Crippen LogP contribution in [0.4, 0.5) is 18.9 Å². The Balaban J connectivity index is 1.83. The molecule has 5 heteroatoms. The molecule has 2 aromatic carbocycles. The maximum Gasteiger partial charge on any atom is 0.416 e. The van der Waals surface area contributed by atoms with Crippen molar-refractivity contribution in [1.29, 1.82) is 0 Å². The molecule has 0 radical (unpaired) electrons. The minimum Gasteiger partial charge on any atom is -0.492 e. The van der Waals surface area contributed by atoms with Gasteiger partial charge in [-0.3, -0.25) is 0 Å². The first-order chi connectivity index (χ1) is 11.2. The standard InChI is InChI=1S/C19H22F3NO/c1-18(2,3)14-7-9-17(10-8-14)24-12-11-23-16-6-4-5-15(13-16)19(20,21)22/h4-10,13,23H,11-12H2,1-3H3. The molecule has 130 valence electrons. The number of rotatable bonds is 5. The molecule has 0 saturated heterocycles. The topological polar surface area (TPSA) is 21.3 Å². The summed E-state index contributed by atoms with van der Waals surface area (Å²) in [4.78, 5) is 0. The lowest BCUT2D eigenvalue weighted by Gasteiger charge is -2.19. The Morgan fingerprint density at radius 3 is 2.17 bits per heavy atom. The van der Waals surface area contributed by atoms with E-state index in [1.807, 2.05) is 24.3 Å². The number of alkyl halides is 3. The van der Waals surface area contributed by atoms with Crippen molar-refractivity contribution >= 4 is 5.69 Å². The first-order valence-corrected chi connectivity index (χ1v) is 7.81. The molecule has 2 aromatic rings. The van der Waals surface area contributed by atoms with Crippen LogP contribution >= 0.6 is 0 Å². The zero-order chi connectivity index (χ0) is 17.8. The fourth-order valence-corrected chi connectivity index (χ4v) is 2.22. The van der Waals surface area contributed by atoms with E-state index in [0.717, 1.165) is 17.9 Å². The van der Waals surface area contributed by atoms with Gasteiger partial charge in [-0.15, -0.1) is 0 Å². The number of hydrogen-bond acceptors (Lipinski definition) is 2. The van der Waals surface area contributed by atoms with Gasteiger partial charge in [0.1, 0.15) is 12.4 Å². The summed E-state index contributed by atoms with van der Waals surface area (Å²) in [6.07, 6.45) is -4.33. The molecular weight excluding hydrogens is 315 g/mol. The minimum absolute atomic E-state index is 0.0869. The van der Waals surface area contributed by atoms with Gasteiger partial charge >= 0.3 is 6.18 Å². The second-order valence-electron chi connectivity index (χ2n) is 6.63. The smallest absolute Gasteiger partial charge is 0.416 e. The highest BCUT2D eigenvalue weighted by Gasteiger charge is 2.30. The number of halogens is 3. The average Bonchev–Trinajstić information content (AvgIpc) is 2.51. The van der Waals surface area contributed by atoms with E-state index < -0.39 is 11.7 Å². The summed E-state index contributed by atoms with van der Waals surface area (Å²) in [5, 5.41) is 2.94. The predicted molar refractivity (Wildman–Crippen MR) is 90.6 cm³/mol. The van der Waals surface area contributed by atoms with Crippen molar-refractivity contribution in [3.8, 4) is 5.75 Å². The zero-order valence-corrected chi connectivity index (χ0v) is 14.1.